The molecule has 0 amide bonds. The van der Waals surface area contributed by atoms with E-state index in [1.807, 2.05) is 0 Å². The van der Waals surface area contributed by atoms with E-state index in [-0.39, 0.29) is 0 Å². The summed E-state index contributed by atoms with van der Waals surface area (Å²) >= 11 is 0. The minimum atomic E-state index is 0.553. The molecule has 2 heteroatoms. The van der Waals surface area contributed by atoms with Gasteiger partial charge in [0, 0.05) is 6.04 Å². The van der Waals surface area contributed by atoms with Crippen molar-refractivity contribution in [3.8, 4) is 0 Å². The van der Waals surface area contributed by atoms with E-state index < -0.39 is 0 Å². The second kappa shape index (κ2) is 2.20. The Kier molecular flexibility index (Phi) is 1.52. The van der Waals surface area contributed by atoms with Crippen LogP contribution in [-0.4, -0.2) is 6.04 Å². The molecule has 0 saturated heterocycles. The molecule has 0 aromatic rings. The van der Waals surface area contributed by atoms with E-state index in [1.54, 1.807) is 0 Å². The lowest BCUT2D eigenvalue weighted by Crippen LogP contribution is -2.40. The minimum absolute atomic E-state index is 0.553. The van der Waals surface area contributed by atoms with Crippen LogP contribution in [0.3, 0.4) is 0 Å². The Hall–Kier alpha value is -0.0800. The molecule has 2 bridgehead atoms. The average Bonchev–Trinajstić information content (AvgIpc) is 2.40. The number of hydrazine groups is 1. The Balaban J connectivity index is 2.19. The van der Waals surface area contributed by atoms with Gasteiger partial charge in [0.2, 0.25) is 0 Å². The molecule has 2 rings (SSSR count). The van der Waals surface area contributed by atoms with Gasteiger partial charge in [-0.05, 0) is 36.5 Å². The summed E-state index contributed by atoms with van der Waals surface area (Å²) in [6.07, 6.45) is 4.11. The summed E-state index contributed by atoms with van der Waals surface area (Å²) in [6, 6.07) is 0.601. The Morgan fingerprint density at radius 2 is 2.09 bits per heavy atom. The summed E-state index contributed by atoms with van der Waals surface area (Å²) in [6.45, 7) is 4.79. The summed E-state index contributed by atoms with van der Waals surface area (Å²) in [4.78, 5) is 0. The van der Waals surface area contributed by atoms with Gasteiger partial charge in [-0.15, -0.1) is 0 Å². The van der Waals surface area contributed by atoms with Crippen LogP contribution in [0.4, 0.5) is 0 Å². The SMILES string of the molecule is CC1(C)[C@@H]2CC[C@H]1[C@H](NN)C2. The van der Waals surface area contributed by atoms with Gasteiger partial charge in [0.25, 0.3) is 0 Å². The first-order valence-corrected chi connectivity index (χ1v) is 4.62. The molecular weight excluding hydrogens is 136 g/mol. The largest absolute Gasteiger partial charge is 0.271 e. The van der Waals surface area contributed by atoms with Gasteiger partial charge >= 0.3 is 0 Å². The molecule has 2 nitrogen and oxygen atoms in total. The highest BCUT2D eigenvalue weighted by Gasteiger charge is 2.52. The van der Waals surface area contributed by atoms with E-state index in [0.717, 1.165) is 11.8 Å². The molecule has 2 fully saturated rings. The van der Waals surface area contributed by atoms with Crippen LogP contribution in [0.1, 0.15) is 33.1 Å². The quantitative estimate of drug-likeness (QED) is 0.441. The lowest BCUT2D eigenvalue weighted by Gasteiger charge is -2.25. The molecule has 0 aromatic carbocycles. The molecule has 2 aliphatic carbocycles. The normalized spacial score (nSPS) is 46.6. The van der Waals surface area contributed by atoms with Crippen LogP contribution in [-0.2, 0) is 0 Å². The first kappa shape index (κ1) is 7.56. The third-order valence-corrected chi connectivity index (χ3v) is 4.07. The second-order valence-electron chi connectivity index (χ2n) is 4.71. The Morgan fingerprint density at radius 1 is 1.36 bits per heavy atom. The predicted octanol–water partition coefficient (Wildman–Crippen LogP) is 1.27. The van der Waals surface area contributed by atoms with Crippen LogP contribution < -0.4 is 11.3 Å². The minimum Gasteiger partial charge on any atom is -0.271 e. The molecular formula is C9H18N2. The Labute approximate surface area is 68.5 Å². The van der Waals surface area contributed by atoms with Crippen LogP contribution in [0.25, 0.3) is 0 Å². The van der Waals surface area contributed by atoms with Gasteiger partial charge < -0.3 is 0 Å². The van der Waals surface area contributed by atoms with E-state index in [4.69, 9.17) is 5.84 Å². The smallest absolute Gasteiger partial charge is 0.0246 e. The Morgan fingerprint density at radius 3 is 2.36 bits per heavy atom. The standard InChI is InChI=1S/C9H18N2/c1-9(2)6-3-4-7(9)8(5-6)11-10/h6-8,11H,3-5,10H2,1-2H3/t6-,7+,8-/m1/s1. The lowest BCUT2D eigenvalue weighted by molar-refractivity contribution is 0.244. The van der Waals surface area contributed by atoms with Crippen LogP contribution >= 0.6 is 0 Å². The zero-order valence-electron chi connectivity index (χ0n) is 7.43. The summed E-state index contributed by atoms with van der Waals surface area (Å²) in [5, 5.41) is 0. The van der Waals surface area contributed by atoms with Crippen LogP contribution in [0, 0.1) is 17.3 Å². The van der Waals surface area contributed by atoms with E-state index in [9.17, 15) is 0 Å². The molecule has 3 atom stereocenters. The fraction of sp³-hybridized carbons (Fsp3) is 1.00. The zero-order chi connectivity index (χ0) is 8.06. The van der Waals surface area contributed by atoms with Crippen molar-refractivity contribution in [1.29, 1.82) is 0 Å². The van der Waals surface area contributed by atoms with Crippen molar-refractivity contribution >= 4 is 0 Å². The van der Waals surface area contributed by atoms with Crippen molar-refractivity contribution in [3.63, 3.8) is 0 Å². The van der Waals surface area contributed by atoms with Gasteiger partial charge in [0.05, 0.1) is 0 Å². The van der Waals surface area contributed by atoms with E-state index in [2.05, 4.69) is 19.3 Å². The fourth-order valence-electron chi connectivity index (χ4n) is 3.22. The third kappa shape index (κ3) is 0.859. The number of hydrogen-bond donors (Lipinski definition) is 2. The highest BCUT2D eigenvalue weighted by atomic mass is 15.2. The summed E-state index contributed by atoms with van der Waals surface area (Å²) < 4.78 is 0. The number of nitrogens with two attached hydrogens (primary N) is 1. The average molecular weight is 154 g/mol. The first-order chi connectivity index (χ1) is 5.16. The first-order valence-electron chi connectivity index (χ1n) is 4.62. The molecule has 64 valence electrons. The molecule has 2 aliphatic rings. The number of rotatable bonds is 1. The van der Waals surface area contributed by atoms with Crippen molar-refractivity contribution in [1.82, 2.24) is 5.43 Å². The van der Waals surface area contributed by atoms with Gasteiger partial charge in [-0.2, -0.15) is 0 Å². The van der Waals surface area contributed by atoms with Crippen molar-refractivity contribution in [2.45, 2.75) is 39.2 Å². The Bertz CT molecular complexity index is 165. The fourth-order valence-corrected chi connectivity index (χ4v) is 3.22. The maximum atomic E-state index is 5.49. The number of fused-ring (bicyclic) bond motifs is 2. The van der Waals surface area contributed by atoms with Crippen LogP contribution in [0.2, 0.25) is 0 Å². The van der Waals surface area contributed by atoms with Gasteiger partial charge in [0.15, 0.2) is 0 Å². The topological polar surface area (TPSA) is 38.0 Å². The van der Waals surface area contributed by atoms with Gasteiger partial charge in [0.1, 0.15) is 0 Å². The van der Waals surface area contributed by atoms with Crippen LogP contribution in [0.15, 0.2) is 0 Å². The molecule has 0 unspecified atom stereocenters. The number of nitrogens with one attached hydrogen (secondary N) is 1. The molecule has 0 aliphatic heterocycles. The number of hydrogen-bond acceptors (Lipinski definition) is 2. The second-order valence-corrected chi connectivity index (χ2v) is 4.71. The van der Waals surface area contributed by atoms with Gasteiger partial charge in [-0.3, -0.25) is 11.3 Å². The van der Waals surface area contributed by atoms with Crippen molar-refractivity contribution in [2.24, 2.45) is 23.1 Å². The van der Waals surface area contributed by atoms with E-state index in [1.165, 1.54) is 19.3 Å². The molecule has 0 radical (unpaired) electrons. The molecule has 11 heavy (non-hydrogen) atoms. The van der Waals surface area contributed by atoms with E-state index in [0.29, 0.717) is 11.5 Å². The maximum absolute atomic E-state index is 5.49. The monoisotopic (exact) mass is 154 g/mol. The molecule has 2 saturated carbocycles. The van der Waals surface area contributed by atoms with Crippen molar-refractivity contribution in [2.75, 3.05) is 0 Å². The summed E-state index contributed by atoms with van der Waals surface area (Å²) in [7, 11) is 0. The third-order valence-electron chi connectivity index (χ3n) is 4.07. The molecule has 3 N–H and O–H groups in total. The highest BCUT2D eigenvalue weighted by Crippen LogP contribution is 2.57. The van der Waals surface area contributed by atoms with Crippen molar-refractivity contribution in [3.05, 3.63) is 0 Å². The predicted molar refractivity (Wildman–Crippen MR) is 45.7 cm³/mol. The molecule has 0 heterocycles. The van der Waals surface area contributed by atoms with Gasteiger partial charge in [-0.1, -0.05) is 13.8 Å². The molecule has 0 spiro atoms. The van der Waals surface area contributed by atoms with Gasteiger partial charge in [-0.25, -0.2) is 0 Å². The maximum Gasteiger partial charge on any atom is 0.0246 e. The summed E-state index contributed by atoms with van der Waals surface area (Å²) in [5.74, 6) is 7.25. The highest BCUT2D eigenvalue weighted by molar-refractivity contribution is 5.04. The molecule has 0 aromatic heterocycles. The lowest BCUT2D eigenvalue weighted by atomic mass is 9.81. The zero-order valence-corrected chi connectivity index (χ0v) is 7.43. The summed E-state index contributed by atoms with van der Waals surface area (Å²) in [5.41, 5.74) is 3.50. The van der Waals surface area contributed by atoms with Crippen LogP contribution in [0.5, 0.6) is 0 Å². The van der Waals surface area contributed by atoms with Crippen molar-refractivity contribution < 1.29 is 0 Å². The van der Waals surface area contributed by atoms with E-state index >= 15 is 0 Å².